The summed E-state index contributed by atoms with van der Waals surface area (Å²) in [6, 6.07) is 3.89. The van der Waals surface area contributed by atoms with Gasteiger partial charge in [0.2, 0.25) is 0 Å². The zero-order valence-corrected chi connectivity index (χ0v) is 12.2. The van der Waals surface area contributed by atoms with Crippen molar-refractivity contribution in [3.8, 4) is 0 Å². The molecule has 5 nitrogen and oxygen atoms in total. The van der Waals surface area contributed by atoms with E-state index < -0.39 is 9.84 Å². The molecule has 1 aromatic heterocycles. The molecule has 1 aliphatic rings. The van der Waals surface area contributed by atoms with E-state index >= 15 is 0 Å². The molecule has 0 spiro atoms. The van der Waals surface area contributed by atoms with Crippen LogP contribution in [0.25, 0.3) is 10.2 Å². The third-order valence-electron chi connectivity index (χ3n) is 3.33. The topological polar surface area (TPSA) is 76.3 Å². The van der Waals surface area contributed by atoms with Gasteiger partial charge < -0.3 is 10.6 Å². The lowest BCUT2D eigenvalue weighted by Gasteiger charge is -2.29. The Hall–Kier alpha value is -1.34. The molecule has 7 heteroatoms. The first-order valence-corrected chi connectivity index (χ1v) is 8.70. The number of fused-ring (bicyclic) bond motifs is 1. The number of thiazole rings is 1. The van der Waals surface area contributed by atoms with Crippen LogP contribution in [0.3, 0.4) is 0 Å². The third kappa shape index (κ3) is 2.40. The molecule has 2 N–H and O–H groups in total. The minimum absolute atomic E-state index is 0.195. The van der Waals surface area contributed by atoms with E-state index in [4.69, 9.17) is 5.73 Å². The summed E-state index contributed by atoms with van der Waals surface area (Å²) in [5.74, 6) is 0.390. The number of benzene rings is 1. The number of aromatic nitrogens is 1. The normalized spacial score (nSPS) is 18.9. The van der Waals surface area contributed by atoms with Gasteiger partial charge in [-0.25, -0.2) is 13.4 Å². The number of nitrogen functional groups attached to an aromatic ring is 1. The predicted octanol–water partition coefficient (Wildman–Crippen LogP) is 1.42. The predicted molar refractivity (Wildman–Crippen MR) is 79.6 cm³/mol. The Morgan fingerprint density at radius 3 is 2.68 bits per heavy atom. The zero-order valence-electron chi connectivity index (χ0n) is 10.6. The molecule has 0 radical (unpaired) electrons. The summed E-state index contributed by atoms with van der Waals surface area (Å²) in [5, 5.41) is 1.01. The van der Waals surface area contributed by atoms with Crippen LogP contribution in [0.1, 0.15) is 5.01 Å². The Balaban J connectivity index is 1.98. The smallest absolute Gasteiger partial charge is 0.153 e. The summed E-state index contributed by atoms with van der Waals surface area (Å²) < 4.78 is 24.0. The maximum absolute atomic E-state index is 11.5. The number of aryl methyl sites for hydroxylation is 1. The Bertz CT molecular complexity index is 723. The maximum atomic E-state index is 11.5. The molecule has 0 aliphatic carbocycles. The van der Waals surface area contributed by atoms with Gasteiger partial charge in [-0.3, -0.25) is 0 Å². The first-order valence-electron chi connectivity index (χ1n) is 6.07. The van der Waals surface area contributed by atoms with Crippen molar-refractivity contribution >= 4 is 42.8 Å². The number of hydrogen-bond donors (Lipinski definition) is 1. The van der Waals surface area contributed by atoms with Crippen LogP contribution in [-0.4, -0.2) is 38.0 Å². The maximum Gasteiger partial charge on any atom is 0.153 e. The van der Waals surface area contributed by atoms with Gasteiger partial charge in [-0.05, 0) is 19.1 Å². The van der Waals surface area contributed by atoms with E-state index in [0.717, 1.165) is 20.9 Å². The van der Waals surface area contributed by atoms with Crippen molar-refractivity contribution < 1.29 is 8.42 Å². The van der Waals surface area contributed by atoms with Crippen LogP contribution in [0, 0.1) is 6.92 Å². The highest BCUT2D eigenvalue weighted by atomic mass is 32.2. The average Bonchev–Trinajstić information content (AvgIpc) is 2.67. The fourth-order valence-electron chi connectivity index (χ4n) is 2.32. The molecule has 1 fully saturated rings. The van der Waals surface area contributed by atoms with Gasteiger partial charge in [-0.15, -0.1) is 11.3 Å². The van der Waals surface area contributed by atoms with Crippen LogP contribution in [-0.2, 0) is 9.84 Å². The van der Waals surface area contributed by atoms with Crippen LogP contribution in [0.4, 0.5) is 11.4 Å². The van der Waals surface area contributed by atoms with Gasteiger partial charge in [-0.1, -0.05) is 0 Å². The second-order valence-electron chi connectivity index (χ2n) is 4.75. The van der Waals surface area contributed by atoms with Crippen molar-refractivity contribution in [3.05, 3.63) is 17.1 Å². The molecule has 0 atom stereocenters. The average molecular weight is 297 g/mol. The van der Waals surface area contributed by atoms with Crippen molar-refractivity contribution in [2.75, 3.05) is 35.2 Å². The van der Waals surface area contributed by atoms with Crippen LogP contribution in [0.5, 0.6) is 0 Å². The van der Waals surface area contributed by atoms with E-state index in [9.17, 15) is 8.42 Å². The first-order chi connectivity index (χ1) is 8.94. The molecule has 0 saturated carbocycles. The van der Waals surface area contributed by atoms with Crippen molar-refractivity contribution in [1.82, 2.24) is 4.98 Å². The second kappa shape index (κ2) is 4.35. The largest absolute Gasteiger partial charge is 0.397 e. The van der Waals surface area contributed by atoms with Crippen molar-refractivity contribution in [3.63, 3.8) is 0 Å². The number of rotatable bonds is 1. The second-order valence-corrected chi connectivity index (χ2v) is 8.29. The van der Waals surface area contributed by atoms with Gasteiger partial charge in [0.15, 0.2) is 9.84 Å². The molecular formula is C12H15N3O2S2. The number of anilines is 2. The molecule has 1 saturated heterocycles. The Kier molecular flexibility index (Phi) is 2.90. The zero-order chi connectivity index (χ0) is 13.6. The molecule has 0 bridgehead atoms. The van der Waals surface area contributed by atoms with Crippen molar-refractivity contribution in [2.24, 2.45) is 0 Å². The molecule has 102 valence electrons. The van der Waals surface area contributed by atoms with Gasteiger partial charge in [0, 0.05) is 13.1 Å². The van der Waals surface area contributed by atoms with Crippen molar-refractivity contribution in [1.29, 1.82) is 0 Å². The Labute approximate surface area is 116 Å². The van der Waals surface area contributed by atoms with E-state index in [1.807, 2.05) is 24.0 Å². The van der Waals surface area contributed by atoms with E-state index in [1.165, 1.54) is 0 Å². The summed E-state index contributed by atoms with van der Waals surface area (Å²) >= 11 is 1.62. The van der Waals surface area contributed by atoms with Crippen LogP contribution in [0.15, 0.2) is 12.1 Å². The molecular weight excluding hydrogens is 282 g/mol. The van der Waals surface area contributed by atoms with Crippen LogP contribution < -0.4 is 10.6 Å². The number of nitrogens with zero attached hydrogens (tertiary/aromatic N) is 2. The highest BCUT2D eigenvalue weighted by Crippen LogP contribution is 2.32. The van der Waals surface area contributed by atoms with E-state index in [0.29, 0.717) is 18.8 Å². The van der Waals surface area contributed by atoms with Crippen LogP contribution >= 0.6 is 11.3 Å². The molecule has 19 heavy (non-hydrogen) atoms. The molecule has 2 heterocycles. The Morgan fingerprint density at radius 2 is 2.00 bits per heavy atom. The fourth-order valence-corrected chi connectivity index (χ4v) is 4.38. The van der Waals surface area contributed by atoms with E-state index in [-0.39, 0.29) is 11.5 Å². The minimum Gasteiger partial charge on any atom is -0.397 e. The minimum atomic E-state index is -2.87. The lowest BCUT2D eigenvalue weighted by Crippen LogP contribution is -2.40. The Morgan fingerprint density at radius 1 is 1.32 bits per heavy atom. The van der Waals surface area contributed by atoms with E-state index in [2.05, 4.69) is 4.98 Å². The highest BCUT2D eigenvalue weighted by Gasteiger charge is 2.23. The van der Waals surface area contributed by atoms with Crippen LogP contribution in [0.2, 0.25) is 0 Å². The van der Waals surface area contributed by atoms with Gasteiger partial charge in [-0.2, -0.15) is 0 Å². The number of nitrogens with two attached hydrogens (primary N) is 1. The van der Waals surface area contributed by atoms with Gasteiger partial charge >= 0.3 is 0 Å². The summed E-state index contributed by atoms with van der Waals surface area (Å²) in [6.45, 7) is 2.97. The lowest BCUT2D eigenvalue weighted by atomic mass is 10.2. The van der Waals surface area contributed by atoms with Gasteiger partial charge in [0.25, 0.3) is 0 Å². The monoisotopic (exact) mass is 297 g/mol. The third-order valence-corrected chi connectivity index (χ3v) is 5.87. The standard InChI is InChI=1S/C12H15N3O2S2/c1-8-14-10-7-11(9(13)6-12(10)18-8)15-2-4-19(16,17)5-3-15/h6-7H,2-5,13H2,1H3. The fraction of sp³-hybridized carbons (Fsp3) is 0.417. The van der Waals surface area contributed by atoms with Gasteiger partial charge in [0.1, 0.15) is 0 Å². The van der Waals surface area contributed by atoms with Crippen molar-refractivity contribution in [2.45, 2.75) is 6.92 Å². The summed E-state index contributed by atoms with van der Waals surface area (Å²) in [4.78, 5) is 6.49. The number of sulfone groups is 1. The molecule has 0 unspecified atom stereocenters. The molecule has 3 rings (SSSR count). The molecule has 1 aliphatic heterocycles. The first kappa shape index (κ1) is 12.7. The lowest BCUT2D eigenvalue weighted by molar-refractivity contribution is 0.587. The molecule has 0 amide bonds. The number of hydrogen-bond acceptors (Lipinski definition) is 6. The van der Waals surface area contributed by atoms with Gasteiger partial charge in [0.05, 0.1) is 38.1 Å². The summed E-state index contributed by atoms with van der Waals surface area (Å²) in [6.07, 6.45) is 0. The highest BCUT2D eigenvalue weighted by molar-refractivity contribution is 7.91. The summed E-state index contributed by atoms with van der Waals surface area (Å²) in [5.41, 5.74) is 8.60. The van der Waals surface area contributed by atoms with E-state index in [1.54, 1.807) is 11.3 Å². The molecule has 2 aromatic rings. The SMILES string of the molecule is Cc1nc2cc(N3CCS(=O)(=O)CC3)c(N)cc2s1. The summed E-state index contributed by atoms with van der Waals surface area (Å²) in [7, 11) is -2.87. The molecule has 1 aromatic carbocycles. The quantitative estimate of drug-likeness (QED) is 0.806.